The number of benzene rings is 1. The van der Waals surface area contributed by atoms with Crippen molar-refractivity contribution >= 4 is 17.5 Å². The van der Waals surface area contributed by atoms with Crippen LogP contribution in [0.15, 0.2) is 18.2 Å². The molecule has 1 aliphatic rings. The third-order valence-electron chi connectivity index (χ3n) is 3.85. The lowest BCUT2D eigenvalue weighted by atomic mass is 9.89. The average Bonchev–Trinajstić information content (AvgIpc) is 2.52. The van der Waals surface area contributed by atoms with E-state index < -0.39 is 11.7 Å². The summed E-state index contributed by atoms with van der Waals surface area (Å²) in [5.74, 6) is 4.89. The van der Waals surface area contributed by atoms with Crippen LogP contribution in [-0.4, -0.2) is 23.9 Å². The van der Waals surface area contributed by atoms with Crippen molar-refractivity contribution < 1.29 is 18.0 Å². The zero-order valence-corrected chi connectivity index (χ0v) is 13.5. The van der Waals surface area contributed by atoms with Crippen molar-refractivity contribution in [2.75, 3.05) is 13.1 Å². The van der Waals surface area contributed by atoms with Crippen molar-refractivity contribution in [2.45, 2.75) is 38.3 Å². The van der Waals surface area contributed by atoms with Crippen LogP contribution >= 0.6 is 11.6 Å². The molecule has 1 unspecified atom stereocenters. The van der Waals surface area contributed by atoms with Gasteiger partial charge in [0.2, 0.25) is 0 Å². The van der Waals surface area contributed by atoms with E-state index in [0.717, 1.165) is 18.9 Å². The molecule has 0 aromatic heterocycles. The monoisotopic (exact) mass is 343 g/mol. The summed E-state index contributed by atoms with van der Waals surface area (Å²) >= 11 is 5.65. The van der Waals surface area contributed by atoms with E-state index >= 15 is 0 Å². The van der Waals surface area contributed by atoms with Gasteiger partial charge in [0.25, 0.3) is 5.91 Å². The van der Waals surface area contributed by atoms with Gasteiger partial charge in [-0.1, -0.05) is 30.5 Å². The van der Waals surface area contributed by atoms with Gasteiger partial charge in [-0.3, -0.25) is 4.79 Å². The predicted octanol–water partition coefficient (Wildman–Crippen LogP) is 4.48. The lowest BCUT2D eigenvalue weighted by Crippen LogP contribution is -2.38. The molecule has 6 heteroatoms. The second kappa shape index (κ2) is 7.27. The molecule has 1 fully saturated rings. The first-order valence-corrected chi connectivity index (χ1v) is 7.85. The summed E-state index contributed by atoms with van der Waals surface area (Å²) in [5.41, 5.74) is -0.270. The molecule has 2 nitrogen and oxygen atoms in total. The number of alkyl halides is 3. The molecule has 0 aliphatic carbocycles. The molecule has 0 saturated carbocycles. The Balaban J connectivity index is 2.20. The highest BCUT2D eigenvalue weighted by Gasteiger charge is 2.34. The summed E-state index contributed by atoms with van der Waals surface area (Å²) in [6.07, 6.45) is -2.41. The maximum atomic E-state index is 13.0. The number of nitrogens with zero attached hydrogens (tertiary/aromatic N) is 1. The maximum Gasteiger partial charge on any atom is 0.417 e. The number of rotatable bonds is 1. The van der Waals surface area contributed by atoms with E-state index in [1.807, 2.05) is 6.92 Å². The van der Waals surface area contributed by atoms with Crippen molar-refractivity contribution in [2.24, 2.45) is 0 Å². The number of hydrogen-bond acceptors (Lipinski definition) is 1. The molecule has 1 heterocycles. The summed E-state index contributed by atoms with van der Waals surface area (Å²) in [7, 11) is 0. The smallest absolute Gasteiger partial charge is 0.331 e. The number of amides is 1. The fourth-order valence-corrected chi connectivity index (χ4v) is 2.92. The van der Waals surface area contributed by atoms with Crippen LogP contribution in [0.25, 0.3) is 0 Å². The molecule has 1 aliphatic heterocycles. The van der Waals surface area contributed by atoms with Gasteiger partial charge in [-0.05, 0) is 36.5 Å². The van der Waals surface area contributed by atoms with Crippen molar-refractivity contribution in [1.82, 2.24) is 4.90 Å². The molecule has 0 N–H and O–H groups in total. The normalized spacial score (nSPS) is 18.3. The number of piperidine rings is 1. The van der Waals surface area contributed by atoms with Crippen LogP contribution in [0.4, 0.5) is 13.2 Å². The molecule has 0 radical (unpaired) electrons. The topological polar surface area (TPSA) is 20.3 Å². The fraction of sp³-hybridized carbons (Fsp3) is 0.471. The minimum absolute atomic E-state index is 0.130. The van der Waals surface area contributed by atoms with Gasteiger partial charge < -0.3 is 4.90 Å². The van der Waals surface area contributed by atoms with E-state index in [1.54, 1.807) is 11.0 Å². The molecular formula is C17H17ClF3NO. The zero-order valence-electron chi connectivity index (χ0n) is 12.7. The number of halogens is 4. The van der Waals surface area contributed by atoms with Gasteiger partial charge in [0, 0.05) is 25.4 Å². The van der Waals surface area contributed by atoms with Gasteiger partial charge >= 0.3 is 6.18 Å². The second-order valence-electron chi connectivity index (χ2n) is 5.48. The van der Waals surface area contributed by atoms with Crippen molar-refractivity contribution in [3.8, 4) is 11.8 Å². The lowest BCUT2D eigenvalue weighted by molar-refractivity contribution is -0.137. The first kappa shape index (κ1) is 17.7. The molecule has 0 spiro atoms. The van der Waals surface area contributed by atoms with Crippen LogP contribution in [-0.2, 0) is 11.0 Å². The minimum atomic E-state index is -4.48. The van der Waals surface area contributed by atoms with E-state index in [2.05, 4.69) is 11.8 Å². The summed E-state index contributed by atoms with van der Waals surface area (Å²) < 4.78 is 38.9. The highest BCUT2D eigenvalue weighted by molar-refractivity contribution is 6.31. The number of carbonyl (C=O) groups excluding carboxylic acids is 1. The Morgan fingerprint density at radius 3 is 2.83 bits per heavy atom. The predicted molar refractivity (Wildman–Crippen MR) is 83.1 cm³/mol. The zero-order chi connectivity index (χ0) is 17.0. The van der Waals surface area contributed by atoms with E-state index in [4.69, 9.17) is 11.6 Å². The SMILES string of the molecule is CCC#CC(=O)N1CCCC(c2ccc(Cl)c(C(F)(F)F)c2)C1. The molecule has 1 aromatic carbocycles. The van der Waals surface area contributed by atoms with Crippen LogP contribution < -0.4 is 0 Å². The summed E-state index contributed by atoms with van der Waals surface area (Å²) in [4.78, 5) is 13.6. The van der Waals surface area contributed by atoms with Gasteiger partial charge in [0.15, 0.2) is 0 Å². The Bertz CT molecular complexity index is 645. The average molecular weight is 344 g/mol. The van der Waals surface area contributed by atoms with E-state index in [1.165, 1.54) is 6.07 Å². The van der Waals surface area contributed by atoms with Crippen molar-refractivity contribution in [1.29, 1.82) is 0 Å². The quantitative estimate of drug-likeness (QED) is 0.688. The molecule has 23 heavy (non-hydrogen) atoms. The molecule has 1 amide bonds. The van der Waals surface area contributed by atoms with Crippen LogP contribution in [0, 0.1) is 11.8 Å². The van der Waals surface area contributed by atoms with Gasteiger partial charge in [-0.2, -0.15) is 13.2 Å². The van der Waals surface area contributed by atoms with Crippen LogP contribution in [0.3, 0.4) is 0 Å². The molecule has 1 atom stereocenters. The highest BCUT2D eigenvalue weighted by Crippen LogP contribution is 2.37. The molecular weight excluding hydrogens is 327 g/mol. The Morgan fingerprint density at radius 2 is 2.17 bits per heavy atom. The van der Waals surface area contributed by atoms with E-state index in [-0.39, 0.29) is 16.8 Å². The third kappa shape index (κ3) is 4.42. The molecule has 124 valence electrons. The first-order valence-electron chi connectivity index (χ1n) is 7.47. The molecule has 1 saturated heterocycles. The molecule has 2 rings (SSSR count). The summed E-state index contributed by atoms with van der Waals surface area (Å²) in [5, 5.41) is -0.307. The summed E-state index contributed by atoms with van der Waals surface area (Å²) in [6, 6.07) is 3.98. The fourth-order valence-electron chi connectivity index (χ4n) is 2.69. The Kier molecular flexibility index (Phi) is 5.59. The van der Waals surface area contributed by atoms with Crippen molar-refractivity contribution in [3.05, 3.63) is 34.3 Å². The lowest BCUT2D eigenvalue weighted by Gasteiger charge is -2.32. The van der Waals surface area contributed by atoms with E-state index in [0.29, 0.717) is 25.1 Å². The van der Waals surface area contributed by atoms with Gasteiger partial charge in [-0.25, -0.2) is 0 Å². The van der Waals surface area contributed by atoms with E-state index in [9.17, 15) is 18.0 Å². The Hall–Kier alpha value is -1.67. The highest BCUT2D eigenvalue weighted by atomic mass is 35.5. The number of likely N-dealkylation sites (tertiary alicyclic amines) is 1. The summed E-state index contributed by atoms with van der Waals surface area (Å²) in [6.45, 7) is 2.83. The second-order valence-corrected chi connectivity index (χ2v) is 5.89. The van der Waals surface area contributed by atoms with Crippen molar-refractivity contribution in [3.63, 3.8) is 0 Å². The van der Waals surface area contributed by atoms with Gasteiger partial charge in [0.05, 0.1) is 10.6 Å². The minimum Gasteiger partial charge on any atom is -0.331 e. The standard InChI is InChI=1S/C17H17ClF3NO/c1-2-3-6-16(23)22-9-4-5-13(11-22)12-7-8-15(18)14(10-12)17(19,20)21/h7-8,10,13H,2,4-5,9,11H2,1H3. The number of carbonyl (C=O) groups is 1. The molecule has 0 bridgehead atoms. The third-order valence-corrected chi connectivity index (χ3v) is 4.18. The Labute approximate surface area is 138 Å². The van der Waals surface area contributed by atoms with Crippen LogP contribution in [0.1, 0.15) is 43.2 Å². The molecule has 1 aromatic rings. The number of hydrogen-bond donors (Lipinski definition) is 0. The maximum absolute atomic E-state index is 13.0. The van der Waals surface area contributed by atoms with Crippen LogP contribution in [0.2, 0.25) is 5.02 Å². The van der Waals surface area contributed by atoms with Gasteiger partial charge in [0.1, 0.15) is 0 Å². The largest absolute Gasteiger partial charge is 0.417 e. The first-order chi connectivity index (χ1) is 10.8. The van der Waals surface area contributed by atoms with Gasteiger partial charge in [-0.15, -0.1) is 0 Å². The van der Waals surface area contributed by atoms with Crippen LogP contribution in [0.5, 0.6) is 0 Å². The Morgan fingerprint density at radius 1 is 1.43 bits per heavy atom.